The monoisotopic (exact) mass is 198 g/mol. The molecular weight excluding hydrogens is 188 g/mol. The van der Waals surface area contributed by atoms with Crippen LogP contribution in [0, 0.1) is 0 Å². The molecule has 0 saturated carbocycles. The molecule has 1 heterocycles. The first kappa shape index (κ1) is 8.48. The highest BCUT2D eigenvalue weighted by Crippen LogP contribution is 2.31. The number of benzene rings is 2. The minimum absolute atomic E-state index is 0.188. The number of hydrogen-bond acceptors (Lipinski definition) is 2. The molecule has 2 nitrogen and oxygen atoms in total. The highest BCUT2D eigenvalue weighted by atomic mass is 16.5. The summed E-state index contributed by atoms with van der Waals surface area (Å²) in [5.41, 5.74) is 0.749. The lowest BCUT2D eigenvalue weighted by Gasteiger charge is -2.17. The Balaban J connectivity index is 2.40. The van der Waals surface area contributed by atoms with Crippen LogP contribution < -0.4 is 4.74 Å². The van der Waals surface area contributed by atoms with E-state index in [0.29, 0.717) is 13.0 Å². The van der Waals surface area contributed by atoms with Crippen LogP contribution in [0.4, 0.5) is 0 Å². The summed E-state index contributed by atoms with van der Waals surface area (Å²) in [5.74, 6) is 0.915. The van der Waals surface area contributed by atoms with Crippen LogP contribution in [0.2, 0.25) is 0 Å². The maximum Gasteiger partial charge on any atom is 0.170 e. The fraction of sp³-hybridized carbons (Fsp3) is 0.154. The molecule has 2 aromatic rings. The minimum Gasteiger partial charge on any atom is -0.492 e. The van der Waals surface area contributed by atoms with E-state index < -0.39 is 0 Å². The summed E-state index contributed by atoms with van der Waals surface area (Å²) in [5, 5.41) is 2.09. The van der Waals surface area contributed by atoms with E-state index in [9.17, 15) is 4.79 Å². The van der Waals surface area contributed by atoms with Crippen molar-refractivity contribution in [2.24, 2.45) is 0 Å². The molecule has 2 aromatic carbocycles. The first-order valence-electron chi connectivity index (χ1n) is 5.04. The zero-order chi connectivity index (χ0) is 10.3. The van der Waals surface area contributed by atoms with Crippen LogP contribution in [0.15, 0.2) is 36.4 Å². The SMILES string of the molecule is O=C1CCOc2ccc3ccccc3c21. The number of rotatable bonds is 0. The molecule has 0 radical (unpaired) electrons. The molecule has 0 spiro atoms. The second kappa shape index (κ2) is 3.09. The van der Waals surface area contributed by atoms with E-state index >= 15 is 0 Å². The number of Topliss-reactive ketones (excluding diaryl/α,β-unsaturated/α-hetero) is 1. The summed E-state index contributed by atoms with van der Waals surface area (Å²) in [6.07, 6.45) is 0.487. The van der Waals surface area contributed by atoms with Crippen molar-refractivity contribution in [3.05, 3.63) is 42.0 Å². The molecule has 0 aliphatic carbocycles. The van der Waals surface area contributed by atoms with Crippen LogP contribution in [0.3, 0.4) is 0 Å². The van der Waals surface area contributed by atoms with Gasteiger partial charge in [-0.15, -0.1) is 0 Å². The number of ether oxygens (including phenoxy) is 1. The van der Waals surface area contributed by atoms with Crippen molar-refractivity contribution in [2.75, 3.05) is 6.61 Å². The third kappa shape index (κ3) is 1.22. The van der Waals surface area contributed by atoms with Crippen LogP contribution in [0.5, 0.6) is 5.75 Å². The number of carbonyl (C=O) groups is 1. The predicted octanol–water partition coefficient (Wildman–Crippen LogP) is 2.81. The number of fused-ring (bicyclic) bond motifs is 3. The van der Waals surface area contributed by atoms with E-state index in [4.69, 9.17) is 4.74 Å². The van der Waals surface area contributed by atoms with Gasteiger partial charge in [-0.25, -0.2) is 0 Å². The Labute approximate surface area is 87.5 Å². The largest absolute Gasteiger partial charge is 0.492 e. The van der Waals surface area contributed by atoms with Gasteiger partial charge in [0.25, 0.3) is 0 Å². The van der Waals surface area contributed by atoms with Crippen molar-refractivity contribution in [3.63, 3.8) is 0 Å². The minimum atomic E-state index is 0.188. The second-order valence-electron chi connectivity index (χ2n) is 3.68. The Morgan fingerprint density at radius 3 is 2.87 bits per heavy atom. The van der Waals surface area contributed by atoms with Crippen molar-refractivity contribution >= 4 is 16.6 Å². The lowest BCUT2D eigenvalue weighted by molar-refractivity contribution is 0.0936. The Kier molecular flexibility index (Phi) is 1.75. The Bertz CT molecular complexity index is 543. The fourth-order valence-corrected chi connectivity index (χ4v) is 2.04. The topological polar surface area (TPSA) is 26.3 Å². The van der Waals surface area contributed by atoms with Gasteiger partial charge >= 0.3 is 0 Å². The molecule has 74 valence electrons. The molecule has 0 atom stereocenters. The van der Waals surface area contributed by atoms with Crippen LogP contribution in [0.25, 0.3) is 10.8 Å². The van der Waals surface area contributed by atoms with E-state index in [1.54, 1.807) is 0 Å². The summed E-state index contributed by atoms with van der Waals surface area (Å²) in [6.45, 7) is 0.504. The Hall–Kier alpha value is -1.83. The molecule has 15 heavy (non-hydrogen) atoms. The van der Waals surface area contributed by atoms with Gasteiger partial charge in [0.2, 0.25) is 0 Å². The average molecular weight is 198 g/mol. The smallest absolute Gasteiger partial charge is 0.170 e. The third-order valence-electron chi connectivity index (χ3n) is 2.76. The molecule has 1 aliphatic heterocycles. The van der Waals surface area contributed by atoms with Gasteiger partial charge in [0.05, 0.1) is 12.2 Å². The fourth-order valence-electron chi connectivity index (χ4n) is 2.04. The quantitative estimate of drug-likeness (QED) is 0.650. The van der Waals surface area contributed by atoms with Crippen LogP contribution in [0.1, 0.15) is 16.8 Å². The van der Waals surface area contributed by atoms with Gasteiger partial charge < -0.3 is 4.74 Å². The van der Waals surface area contributed by atoms with Gasteiger partial charge in [0.15, 0.2) is 5.78 Å². The number of carbonyl (C=O) groups excluding carboxylic acids is 1. The first-order chi connectivity index (χ1) is 7.36. The second-order valence-corrected chi connectivity index (χ2v) is 3.68. The summed E-state index contributed by atoms with van der Waals surface area (Å²) < 4.78 is 5.48. The maximum absolute atomic E-state index is 11.8. The lowest BCUT2D eigenvalue weighted by atomic mass is 9.97. The molecule has 2 heteroatoms. The molecule has 3 rings (SSSR count). The molecule has 0 N–H and O–H groups in total. The van der Waals surface area contributed by atoms with Crippen molar-refractivity contribution in [1.29, 1.82) is 0 Å². The molecule has 1 aliphatic rings. The molecule has 0 aromatic heterocycles. The zero-order valence-corrected chi connectivity index (χ0v) is 8.19. The lowest BCUT2D eigenvalue weighted by Crippen LogP contribution is -2.15. The van der Waals surface area contributed by atoms with Gasteiger partial charge in [0.1, 0.15) is 5.75 Å². The van der Waals surface area contributed by atoms with Crippen LogP contribution in [-0.2, 0) is 0 Å². The standard InChI is InChI=1S/C13H10O2/c14-11-7-8-15-12-6-5-9-3-1-2-4-10(9)13(11)12/h1-6H,7-8H2. The summed E-state index contributed by atoms with van der Waals surface area (Å²) in [6, 6.07) is 11.8. The Morgan fingerprint density at radius 1 is 1.07 bits per heavy atom. The molecule has 0 saturated heterocycles. The summed E-state index contributed by atoms with van der Waals surface area (Å²) >= 11 is 0. The van der Waals surface area contributed by atoms with Crippen LogP contribution in [-0.4, -0.2) is 12.4 Å². The third-order valence-corrected chi connectivity index (χ3v) is 2.76. The normalized spacial score (nSPS) is 14.8. The average Bonchev–Trinajstić information content (AvgIpc) is 2.29. The van der Waals surface area contributed by atoms with E-state index in [2.05, 4.69) is 0 Å². The summed E-state index contributed by atoms with van der Waals surface area (Å²) in [4.78, 5) is 11.8. The molecule has 0 fully saturated rings. The van der Waals surface area contributed by atoms with Gasteiger partial charge in [-0.1, -0.05) is 30.3 Å². The van der Waals surface area contributed by atoms with E-state index in [1.165, 1.54) is 0 Å². The predicted molar refractivity (Wildman–Crippen MR) is 58.4 cm³/mol. The van der Waals surface area contributed by atoms with E-state index in [-0.39, 0.29) is 5.78 Å². The molecule has 0 unspecified atom stereocenters. The van der Waals surface area contributed by atoms with Gasteiger partial charge in [-0.3, -0.25) is 4.79 Å². The molecule has 0 bridgehead atoms. The van der Waals surface area contributed by atoms with Crippen molar-refractivity contribution in [1.82, 2.24) is 0 Å². The van der Waals surface area contributed by atoms with Crippen molar-refractivity contribution < 1.29 is 9.53 Å². The first-order valence-corrected chi connectivity index (χ1v) is 5.04. The number of ketones is 1. The van der Waals surface area contributed by atoms with Crippen molar-refractivity contribution in [3.8, 4) is 5.75 Å². The number of hydrogen-bond donors (Lipinski definition) is 0. The Morgan fingerprint density at radius 2 is 1.93 bits per heavy atom. The molecule has 0 amide bonds. The van der Waals surface area contributed by atoms with E-state index in [1.807, 2.05) is 36.4 Å². The van der Waals surface area contributed by atoms with E-state index in [0.717, 1.165) is 22.1 Å². The summed E-state index contributed by atoms with van der Waals surface area (Å²) in [7, 11) is 0. The van der Waals surface area contributed by atoms with Gasteiger partial charge in [-0.05, 0) is 16.8 Å². The van der Waals surface area contributed by atoms with Crippen molar-refractivity contribution in [2.45, 2.75) is 6.42 Å². The van der Waals surface area contributed by atoms with Gasteiger partial charge in [0, 0.05) is 6.42 Å². The van der Waals surface area contributed by atoms with Gasteiger partial charge in [-0.2, -0.15) is 0 Å². The zero-order valence-electron chi connectivity index (χ0n) is 8.19. The highest BCUT2D eigenvalue weighted by Gasteiger charge is 2.20. The molecular formula is C13H10O2. The maximum atomic E-state index is 11.8. The highest BCUT2D eigenvalue weighted by molar-refractivity contribution is 6.11. The van der Waals surface area contributed by atoms with Crippen LogP contribution >= 0.6 is 0 Å².